The zero-order valence-corrected chi connectivity index (χ0v) is 13.3. The van der Waals surface area contributed by atoms with Crippen molar-refractivity contribution in [2.24, 2.45) is 0 Å². The second-order valence-corrected chi connectivity index (χ2v) is 6.95. The van der Waals surface area contributed by atoms with E-state index in [1.54, 1.807) is 30.3 Å². The molecule has 0 aromatic heterocycles. The number of carbonyl (C=O) groups is 1. The van der Waals surface area contributed by atoms with E-state index in [0.717, 1.165) is 6.20 Å². The van der Waals surface area contributed by atoms with Gasteiger partial charge in [-0.25, -0.2) is 17.6 Å². The van der Waals surface area contributed by atoms with Gasteiger partial charge >= 0.3 is 5.97 Å². The first-order valence-corrected chi connectivity index (χ1v) is 8.66. The quantitative estimate of drug-likeness (QED) is 0.681. The Labute approximate surface area is 138 Å². The van der Waals surface area contributed by atoms with Crippen LogP contribution in [0.5, 0.6) is 0 Å². The van der Waals surface area contributed by atoms with Gasteiger partial charge in [-0.15, -0.1) is 0 Å². The standard InChI is InChI=1S/C17H14FNO4S/c18-13-8-6-12(7-9-13)16-11-23-17(20)15(16)10-19-24(21,22)14-4-2-1-3-5-14/h1-10,16,19H,11H2/b15-10-. The highest BCUT2D eigenvalue weighted by atomic mass is 32.2. The number of ether oxygens (including phenoxy) is 1. The molecule has 1 aliphatic rings. The maximum absolute atomic E-state index is 13.0. The SMILES string of the molecule is O=C1OCC(c2ccc(F)cc2)/C1=C/NS(=O)(=O)c1ccccc1. The molecule has 24 heavy (non-hydrogen) atoms. The highest BCUT2D eigenvalue weighted by Gasteiger charge is 2.32. The van der Waals surface area contributed by atoms with Crippen LogP contribution in [0.15, 0.2) is 71.3 Å². The molecule has 3 rings (SSSR count). The summed E-state index contributed by atoms with van der Waals surface area (Å²) in [6.07, 6.45) is 1.14. The van der Waals surface area contributed by atoms with E-state index in [4.69, 9.17) is 4.74 Å². The van der Waals surface area contributed by atoms with Crippen molar-refractivity contribution in [3.05, 3.63) is 77.8 Å². The molecule has 1 unspecified atom stereocenters. The van der Waals surface area contributed by atoms with Crippen molar-refractivity contribution >= 4 is 16.0 Å². The molecule has 1 heterocycles. The Morgan fingerprint density at radius 1 is 1.08 bits per heavy atom. The Kier molecular flexibility index (Phi) is 4.35. The van der Waals surface area contributed by atoms with Crippen molar-refractivity contribution < 1.29 is 22.3 Å². The van der Waals surface area contributed by atoms with E-state index < -0.39 is 21.9 Å². The minimum absolute atomic E-state index is 0.0867. The summed E-state index contributed by atoms with van der Waals surface area (Å²) in [5.74, 6) is -1.43. The number of hydrogen-bond donors (Lipinski definition) is 1. The third-order valence-electron chi connectivity index (χ3n) is 3.69. The molecule has 5 nitrogen and oxygen atoms in total. The zero-order chi connectivity index (χ0) is 17.2. The fourth-order valence-electron chi connectivity index (χ4n) is 2.41. The van der Waals surface area contributed by atoms with Gasteiger partial charge in [0.25, 0.3) is 10.0 Å². The van der Waals surface area contributed by atoms with Gasteiger partial charge in [-0.2, -0.15) is 0 Å². The molecule has 1 fully saturated rings. The number of cyclic esters (lactones) is 1. The van der Waals surface area contributed by atoms with Crippen molar-refractivity contribution in [1.82, 2.24) is 4.72 Å². The summed E-state index contributed by atoms with van der Waals surface area (Å²) < 4.78 is 44.8. The van der Waals surface area contributed by atoms with Crippen LogP contribution in [0.2, 0.25) is 0 Å². The Morgan fingerprint density at radius 2 is 1.75 bits per heavy atom. The molecule has 0 bridgehead atoms. The predicted octanol–water partition coefficient (Wildman–Crippen LogP) is 2.33. The molecule has 0 spiro atoms. The van der Waals surface area contributed by atoms with Crippen molar-refractivity contribution in [3.8, 4) is 0 Å². The fourth-order valence-corrected chi connectivity index (χ4v) is 3.35. The smallest absolute Gasteiger partial charge is 0.336 e. The van der Waals surface area contributed by atoms with Gasteiger partial charge in [0.05, 0.1) is 16.4 Å². The number of sulfonamides is 1. The van der Waals surface area contributed by atoms with Crippen LogP contribution in [0.25, 0.3) is 0 Å². The van der Waals surface area contributed by atoms with Crippen LogP contribution >= 0.6 is 0 Å². The lowest BCUT2D eigenvalue weighted by Gasteiger charge is -2.09. The number of benzene rings is 2. The first kappa shape index (κ1) is 16.2. The highest BCUT2D eigenvalue weighted by Crippen LogP contribution is 2.31. The van der Waals surface area contributed by atoms with E-state index in [-0.39, 0.29) is 22.9 Å². The molecule has 2 aromatic carbocycles. The van der Waals surface area contributed by atoms with Crippen LogP contribution < -0.4 is 4.72 Å². The lowest BCUT2D eigenvalue weighted by atomic mass is 9.94. The molecular weight excluding hydrogens is 333 g/mol. The van der Waals surface area contributed by atoms with Gasteiger partial charge in [0.1, 0.15) is 12.4 Å². The van der Waals surface area contributed by atoms with Crippen LogP contribution in [0.1, 0.15) is 11.5 Å². The Balaban J connectivity index is 1.87. The zero-order valence-electron chi connectivity index (χ0n) is 12.5. The summed E-state index contributed by atoms with van der Waals surface area (Å²) in [5, 5.41) is 0. The average Bonchev–Trinajstić information content (AvgIpc) is 2.95. The van der Waals surface area contributed by atoms with Gasteiger partial charge in [0.2, 0.25) is 0 Å². The summed E-state index contributed by atoms with van der Waals surface area (Å²) in [6, 6.07) is 13.5. The highest BCUT2D eigenvalue weighted by molar-refractivity contribution is 7.89. The van der Waals surface area contributed by atoms with Crippen LogP contribution in [0, 0.1) is 5.82 Å². The first-order chi connectivity index (χ1) is 11.5. The van der Waals surface area contributed by atoms with Crippen LogP contribution in [-0.2, 0) is 19.6 Å². The van der Waals surface area contributed by atoms with Crippen molar-refractivity contribution in [2.75, 3.05) is 6.61 Å². The summed E-state index contributed by atoms with van der Waals surface area (Å²) in [4.78, 5) is 12.0. The molecule has 1 atom stereocenters. The molecule has 1 saturated heterocycles. The summed E-state index contributed by atoms with van der Waals surface area (Å²) in [5.41, 5.74) is 0.855. The Morgan fingerprint density at radius 3 is 2.42 bits per heavy atom. The molecule has 0 amide bonds. The Bertz CT molecular complexity index is 877. The molecule has 7 heteroatoms. The van der Waals surface area contributed by atoms with E-state index in [0.29, 0.717) is 5.56 Å². The lowest BCUT2D eigenvalue weighted by molar-refractivity contribution is -0.135. The molecule has 0 aliphatic carbocycles. The molecule has 2 aromatic rings. The van der Waals surface area contributed by atoms with Crippen molar-refractivity contribution in [2.45, 2.75) is 10.8 Å². The maximum atomic E-state index is 13.0. The van der Waals surface area contributed by atoms with Crippen molar-refractivity contribution in [3.63, 3.8) is 0 Å². The predicted molar refractivity (Wildman–Crippen MR) is 84.9 cm³/mol. The maximum Gasteiger partial charge on any atom is 0.336 e. The molecule has 1 N–H and O–H groups in total. The van der Waals surface area contributed by atoms with E-state index in [1.807, 2.05) is 0 Å². The number of esters is 1. The summed E-state index contributed by atoms with van der Waals surface area (Å²) in [7, 11) is -3.78. The minimum Gasteiger partial charge on any atom is -0.461 e. The van der Waals surface area contributed by atoms with Gasteiger partial charge in [0.15, 0.2) is 0 Å². The number of carbonyl (C=O) groups excluding carboxylic acids is 1. The average molecular weight is 347 g/mol. The molecule has 0 saturated carbocycles. The third-order valence-corrected chi connectivity index (χ3v) is 5.01. The van der Waals surface area contributed by atoms with E-state index >= 15 is 0 Å². The van der Waals surface area contributed by atoms with Crippen LogP contribution in [0.3, 0.4) is 0 Å². The van der Waals surface area contributed by atoms with Gasteiger partial charge in [0, 0.05) is 6.20 Å². The monoisotopic (exact) mass is 347 g/mol. The molecular formula is C17H14FNO4S. The van der Waals surface area contributed by atoms with Gasteiger partial charge in [-0.3, -0.25) is 4.72 Å². The lowest BCUT2D eigenvalue weighted by Crippen LogP contribution is -2.20. The van der Waals surface area contributed by atoms with Gasteiger partial charge in [-0.1, -0.05) is 30.3 Å². The normalized spacial score (nSPS) is 19.3. The largest absolute Gasteiger partial charge is 0.461 e. The number of nitrogens with one attached hydrogen (secondary N) is 1. The minimum atomic E-state index is -3.78. The van der Waals surface area contributed by atoms with Gasteiger partial charge in [-0.05, 0) is 29.8 Å². The summed E-state index contributed by atoms with van der Waals surface area (Å²) >= 11 is 0. The van der Waals surface area contributed by atoms with E-state index in [9.17, 15) is 17.6 Å². The van der Waals surface area contributed by atoms with E-state index in [2.05, 4.69) is 4.72 Å². The molecule has 0 radical (unpaired) electrons. The molecule has 1 aliphatic heterocycles. The number of halogens is 1. The second kappa shape index (κ2) is 6.45. The molecule has 124 valence electrons. The van der Waals surface area contributed by atoms with E-state index in [1.165, 1.54) is 24.3 Å². The third kappa shape index (κ3) is 3.30. The van der Waals surface area contributed by atoms with Crippen LogP contribution in [0.4, 0.5) is 4.39 Å². The topological polar surface area (TPSA) is 72.5 Å². The number of hydrogen-bond acceptors (Lipinski definition) is 4. The summed E-state index contributed by atoms with van der Waals surface area (Å²) in [6.45, 7) is 0.0867. The Hall–Kier alpha value is -2.67. The fraction of sp³-hybridized carbons (Fsp3) is 0.118. The van der Waals surface area contributed by atoms with Gasteiger partial charge < -0.3 is 4.74 Å². The second-order valence-electron chi connectivity index (χ2n) is 5.24. The number of rotatable bonds is 4. The van der Waals surface area contributed by atoms with Crippen LogP contribution in [-0.4, -0.2) is 21.0 Å². The van der Waals surface area contributed by atoms with Crippen molar-refractivity contribution in [1.29, 1.82) is 0 Å². The first-order valence-electron chi connectivity index (χ1n) is 7.17.